The zero-order chi connectivity index (χ0) is 14.9. The van der Waals surface area contributed by atoms with E-state index >= 15 is 0 Å². The highest BCUT2D eigenvalue weighted by molar-refractivity contribution is 7.88. The molecule has 2 fully saturated rings. The first kappa shape index (κ1) is 15.7. The van der Waals surface area contributed by atoms with Gasteiger partial charge in [0.2, 0.25) is 15.9 Å². The van der Waals surface area contributed by atoms with Crippen LogP contribution < -0.4 is 4.72 Å². The number of amides is 1. The third-order valence-electron chi connectivity index (χ3n) is 4.11. The summed E-state index contributed by atoms with van der Waals surface area (Å²) >= 11 is 0. The van der Waals surface area contributed by atoms with E-state index in [0.29, 0.717) is 19.1 Å². The number of aliphatic hydroxyl groups is 1. The van der Waals surface area contributed by atoms with Gasteiger partial charge in [-0.15, -0.1) is 0 Å². The van der Waals surface area contributed by atoms with Gasteiger partial charge in [-0.3, -0.25) is 9.69 Å². The lowest BCUT2D eigenvalue weighted by Gasteiger charge is -2.36. The van der Waals surface area contributed by atoms with Gasteiger partial charge in [-0.1, -0.05) is 0 Å². The minimum Gasteiger partial charge on any atom is -0.390 e. The summed E-state index contributed by atoms with van der Waals surface area (Å²) in [5, 5.41) is 9.96. The summed E-state index contributed by atoms with van der Waals surface area (Å²) in [6.07, 6.45) is 2.18. The molecular formula is C12H23N3O4S. The summed E-state index contributed by atoms with van der Waals surface area (Å²) in [4.78, 5) is 15.2. The van der Waals surface area contributed by atoms with Gasteiger partial charge in [-0.05, 0) is 12.8 Å². The maximum atomic E-state index is 11.3. The number of sulfonamides is 1. The lowest BCUT2D eigenvalue weighted by Crippen LogP contribution is -2.46. The Labute approximate surface area is 120 Å². The van der Waals surface area contributed by atoms with E-state index in [1.165, 1.54) is 0 Å². The second-order valence-corrected chi connectivity index (χ2v) is 7.54. The van der Waals surface area contributed by atoms with E-state index in [2.05, 4.69) is 9.62 Å². The minimum absolute atomic E-state index is 0.0986. The third-order valence-corrected chi connectivity index (χ3v) is 4.84. The highest BCUT2D eigenvalue weighted by atomic mass is 32.2. The van der Waals surface area contributed by atoms with Crippen molar-refractivity contribution >= 4 is 15.9 Å². The molecule has 0 unspecified atom stereocenters. The Hall–Kier alpha value is -0.700. The molecule has 0 aromatic heterocycles. The molecule has 0 aromatic rings. The van der Waals surface area contributed by atoms with Crippen LogP contribution in [0.4, 0.5) is 0 Å². The summed E-state index contributed by atoms with van der Waals surface area (Å²) in [6.45, 7) is 4.05. The average Bonchev–Trinajstić information content (AvgIpc) is 2.69. The molecule has 2 N–H and O–H groups in total. The van der Waals surface area contributed by atoms with Crippen molar-refractivity contribution in [3.63, 3.8) is 0 Å². The Bertz CT molecular complexity index is 459. The zero-order valence-electron chi connectivity index (χ0n) is 11.9. The molecule has 2 saturated heterocycles. The van der Waals surface area contributed by atoms with E-state index < -0.39 is 22.2 Å². The molecule has 0 radical (unpaired) electrons. The number of β-amino-alcohol motifs (C(OH)–C–C–N with tert-alkyl or cyclic N) is 1. The molecule has 0 bridgehead atoms. The van der Waals surface area contributed by atoms with Gasteiger partial charge < -0.3 is 10.0 Å². The second kappa shape index (κ2) is 5.97. The van der Waals surface area contributed by atoms with Crippen molar-refractivity contribution in [3.8, 4) is 0 Å². The first-order chi connectivity index (χ1) is 9.26. The first-order valence-corrected chi connectivity index (χ1v) is 8.80. The number of hydrogen-bond donors (Lipinski definition) is 2. The number of rotatable bonds is 3. The molecular weight excluding hydrogens is 282 g/mol. The van der Waals surface area contributed by atoms with E-state index in [1.54, 1.807) is 6.92 Å². The Morgan fingerprint density at radius 1 is 1.25 bits per heavy atom. The smallest absolute Gasteiger partial charge is 0.219 e. The van der Waals surface area contributed by atoms with Crippen molar-refractivity contribution in [2.45, 2.75) is 38.0 Å². The fourth-order valence-corrected chi connectivity index (χ4v) is 3.83. The number of likely N-dealkylation sites (tertiary alicyclic amines) is 2. The van der Waals surface area contributed by atoms with Crippen molar-refractivity contribution in [2.75, 3.05) is 32.4 Å². The minimum atomic E-state index is -3.30. The maximum Gasteiger partial charge on any atom is 0.219 e. The number of carbonyl (C=O) groups is 1. The molecule has 2 atom stereocenters. The molecule has 2 aliphatic heterocycles. The second-order valence-electron chi connectivity index (χ2n) is 5.76. The molecule has 2 rings (SSSR count). The predicted molar refractivity (Wildman–Crippen MR) is 74.6 cm³/mol. The number of piperidine rings is 1. The molecule has 0 saturated carbocycles. The standard InChI is InChI=1S/C12H23N3O4S/c1-9(16)14-5-3-10(4-6-14)15-7-11(12(17)8-15)13-20(2,18)19/h10-13,17H,3-8H2,1-2H3/t11-,12-/m1/s1. The zero-order valence-corrected chi connectivity index (χ0v) is 12.8. The van der Waals surface area contributed by atoms with E-state index in [0.717, 1.165) is 32.2 Å². The summed E-state index contributed by atoms with van der Waals surface area (Å²) < 4.78 is 25.0. The van der Waals surface area contributed by atoms with E-state index in [4.69, 9.17) is 0 Å². The number of nitrogens with one attached hydrogen (secondary N) is 1. The number of carbonyl (C=O) groups excluding carboxylic acids is 1. The lowest BCUT2D eigenvalue weighted by atomic mass is 10.0. The molecule has 7 nitrogen and oxygen atoms in total. The van der Waals surface area contributed by atoms with Crippen LogP contribution in [0.1, 0.15) is 19.8 Å². The summed E-state index contributed by atoms with van der Waals surface area (Å²) in [5.41, 5.74) is 0. The molecule has 1 amide bonds. The lowest BCUT2D eigenvalue weighted by molar-refractivity contribution is -0.130. The summed E-state index contributed by atoms with van der Waals surface area (Å²) in [6, 6.07) is -0.123. The van der Waals surface area contributed by atoms with Crippen molar-refractivity contribution in [2.24, 2.45) is 0 Å². The van der Waals surface area contributed by atoms with Crippen molar-refractivity contribution in [1.29, 1.82) is 0 Å². The predicted octanol–water partition coefficient (Wildman–Crippen LogP) is -1.41. The number of nitrogens with zero attached hydrogens (tertiary/aromatic N) is 2. The van der Waals surface area contributed by atoms with Gasteiger partial charge in [0.25, 0.3) is 0 Å². The molecule has 8 heteroatoms. The van der Waals surface area contributed by atoms with E-state index in [-0.39, 0.29) is 5.91 Å². The molecule has 20 heavy (non-hydrogen) atoms. The molecule has 116 valence electrons. The number of hydrogen-bond acceptors (Lipinski definition) is 5. The van der Waals surface area contributed by atoms with Crippen molar-refractivity contribution in [1.82, 2.24) is 14.5 Å². The third kappa shape index (κ3) is 3.91. The maximum absolute atomic E-state index is 11.3. The monoisotopic (exact) mass is 305 g/mol. The van der Waals surface area contributed by atoms with Crippen LogP contribution in [0.5, 0.6) is 0 Å². The highest BCUT2D eigenvalue weighted by Crippen LogP contribution is 2.22. The molecule has 2 heterocycles. The molecule has 2 aliphatic rings. The average molecular weight is 305 g/mol. The SMILES string of the molecule is CC(=O)N1CCC(N2C[C@@H](O)[C@H](NS(C)(=O)=O)C2)CC1. The summed E-state index contributed by atoms with van der Waals surface area (Å²) in [7, 11) is -3.30. The van der Waals surface area contributed by atoms with Crippen LogP contribution in [0.25, 0.3) is 0 Å². The van der Waals surface area contributed by atoms with Gasteiger partial charge in [-0.2, -0.15) is 0 Å². The van der Waals surface area contributed by atoms with Crippen LogP contribution >= 0.6 is 0 Å². The Kier molecular flexibility index (Phi) is 4.68. The van der Waals surface area contributed by atoms with E-state index in [1.807, 2.05) is 4.90 Å². The highest BCUT2D eigenvalue weighted by Gasteiger charge is 2.37. The van der Waals surface area contributed by atoms with Gasteiger partial charge in [0, 0.05) is 39.1 Å². The van der Waals surface area contributed by atoms with Crippen LogP contribution in [0.2, 0.25) is 0 Å². The van der Waals surface area contributed by atoms with E-state index in [9.17, 15) is 18.3 Å². The summed E-state index contributed by atoms with van der Waals surface area (Å²) in [5.74, 6) is 0.0986. The first-order valence-electron chi connectivity index (χ1n) is 6.91. The molecule has 0 aliphatic carbocycles. The van der Waals surface area contributed by atoms with Crippen LogP contribution in [0.15, 0.2) is 0 Å². The van der Waals surface area contributed by atoms with Gasteiger partial charge in [0.1, 0.15) is 0 Å². The Balaban J connectivity index is 1.88. The quantitative estimate of drug-likeness (QED) is 0.669. The Morgan fingerprint density at radius 3 is 2.35 bits per heavy atom. The van der Waals surface area contributed by atoms with Gasteiger partial charge in [0.05, 0.1) is 18.4 Å². The van der Waals surface area contributed by atoms with Crippen LogP contribution in [-0.4, -0.2) is 79.9 Å². The molecule has 0 spiro atoms. The van der Waals surface area contributed by atoms with Gasteiger partial charge in [-0.25, -0.2) is 13.1 Å². The molecule has 0 aromatic carbocycles. The van der Waals surface area contributed by atoms with Crippen molar-refractivity contribution in [3.05, 3.63) is 0 Å². The number of aliphatic hydroxyl groups excluding tert-OH is 1. The van der Waals surface area contributed by atoms with Crippen LogP contribution in [0, 0.1) is 0 Å². The topological polar surface area (TPSA) is 89.9 Å². The fourth-order valence-electron chi connectivity index (χ4n) is 3.05. The Morgan fingerprint density at radius 2 is 1.85 bits per heavy atom. The normalized spacial score (nSPS) is 29.9. The van der Waals surface area contributed by atoms with Crippen LogP contribution in [-0.2, 0) is 14.8 Å². The van der Waals surface area contributed by atoms with Crippen molar-refractivity contribution < 1.29 is 18.3 Å². The fraction of sp³-hybridized carbons (Fsp3) is 0.917. The largest absolute Gasteiger partial charge is 0.390 e. The van der Waals surface area contributed by atoms with Gasteiger partial charge >= 0.3 is 0 Å². The van der Waals surface area contributed by atoms with Crippen LogP contribution in [0.3, 0.4) is 0 Å². The van der Waals surface area contributed by atoms with Gasteiger partial charge in [0.15, 0.2) is 0 Å².